The van der Waals surface area contributed by atoms with Crippen LogP contribution < -0.4 is 10.9 Å². The molecule has 0 aliphatic heterocycles. The predicted octanol–water partition coefficient (Wildman–Crippen LogP) is 3.85. The maximum atomic E-state index is 12.6. The summed E-state index contributed by atoms with van der Waals surface area (Å²) in [5, 5.41) is 0. The molecule has 0 radical (unpaired) electrons. The van der Waals surface area contributed by atoms with Crippen molar-refractivity contribution in [1.82, 2.24) is 10.9 Å². The summed E-state index contributed by atoms with van der Waals surface area (Å²) in [6.45, 7) is 7.43. The van der Waals surface area contributed by atoms with Crippen LogP contribution in [-0.4, -0.2) is 11.8 Å². The highest BCUT2D eigenvalue weighted by molar-refractivity contribution is 5.89. The third-order valence-electron chi connectivity index (χ3n) is 4.15. The zero-order chi connectivity index (χ0) is 18.8. The number of nitrogens with one attached hydrogen (secondary N) is 2. The minimum Gasteiger partial charge on any atom is -0.273 e. The van der Waals surface area contributed by atoms with E-state index in [1.54, 1.807) is 12.2 Å². The third-order valence-corrected chi connectivity index (χ3v) is 4.15. The Bertz CT molecular complexity index is 676. The highest BCUT2D eigenvalue weighted by Gasteiger charge is 2.22. The molecule has 0 aliphatic rings. The van der Waals surface area contributed by atoms with E-state index in [1.165, 1.54) is 0 Å². The second-order valence-electron chi connectivity index (χ2n) is 5.95. The van der Waals surface area contributed by atoms with Crippen LogP contribution in [0, 0.1) is 0 Å². The predicted molar refractivity (Wildman–Crippen MR) is 104 cm³/mol. The zero-order valence-corrected chi connectivity index (χ0v) is 14.7. The summed E-state index contributed by atoms with van der Waals surface area (Å²) in [5.74, 6) is -1.34. The van der Waals surface area contributed by atoms with Gasteiger partial charge in [-0.1, -0.05) is 72.8 Å². The van der Waals surface area contributed by atoms with Gasteiger partial charge in [0.15, 0.2) is 0 Å². The molecule has 0 aromatic heterocycles. The van der Waals surface area contributed by atoms with E-state index in [-0.39, 0.29) is 11.8 Å². The van der Waals surface area contributed by atoms with E-state index in [9.17, 15) is 9.59 Å². The van der Waals surface area contributed by atoms with Gasteiger partial charge in [-0.2, -0.15) is 0 Å². The van der Waals surface area contributed by atoms with Gasteiger partial charge in [-0.05, 0) is 24.0 Å². The second kappa shape index (κ2) is 9.99. The van der Waals surface area contributed by atoms with E-state index in [1.807, 2.05) is 60.7 Å². The fraction of sp³-hybridized carbons (Fsp3) is 0.182. The normalized spacial score (nSPS) is 12.5. The SMILES string of the molecule is C=CC[C@@H](C(=O)NNC(=O)[C@H](CC=C)c1ccccc1)c1ccccc1. The Morgan fingerprint density at radius 2 is 1.08 bits per heavy atom. The van der Waals surface area contributed by atoms with Gasteiger partial charge in [0.05, 0.1) is 11.8 Å². The van der Waals surface area contributed by atoms with E-state index in [2.05, 4.69) is 24.0 Å². The number of allylic oxidation sites excluding steroid dienone is 2. The van der Waals surface area contributed by atoms with Gasteiger partial charge in [-0.25, -0.2) is 0 Å². The first-order chi connectivity index (χ1) is 12.7. The first kappa shape index (κ1) is 19.2. The molecule has 0 spiro atoms. The van der Waals surface area contributed by atoms with Crippen molar-refractivity contribution < 1.29 is 9.59 Å². The Labute approximate surface area is 154 Å². The van der Waals surface area contributed by atoms with E-state index in [0.29, 0.717) is 12.8 Å². The molecule has 0 bridgehead atoms. The molecule has 2 aromatic rings. The maximum absolute atomic E-state index is 12.6. The molecular weight excluding hydrogens is 324 g/mol. The first-order valence-corrected chi connectivity index (χ1v) is 8.58. The molecule has 0 fully saturated rings. The van der Waals surface area contributed by atoms with Gasteiger partial charge in [0.1, 0.15) is 0 Å². The molecule has 0 heterocycles. The molecule has 2 atom stereocenters. The maximum Gasteiger partial charge on any atom is 0.246 e. The minimum atomic E-state index is -0.399. The Morgan fingerprint density at radius 3 is 1.38 bits per heavy atom. The molecule has 134 valence electrons. The number of rotatable bonds is 8. The largest absolute Gasteiger partial charge is 0.273 e. The van der Waals surface area contributed by atoms with E-state index in [4.69, 9.17) is 0 Å². The lowest BCUT2D eigenvalue weighted by Crippen LogP contribution is -2.45. The zero-order valence-electron chi connectivity index (χ0n) is 14.7. The molecule has 0 saturated carbocycles. The van der Waals surface area contributed by atoms with E-state index in [0.717, 1.165) is 11.1 Å². The van der Waals surface area contributed by atoms with Crippen LogP contribution in [-0.2, 0) is 9.59 Å². The van der Waals surface area contributed by atoms with Crippen molar-refractivity contribution in [1.29, 1.82) is 0 Å². The Hall–Kier alpha value is -3.14. The third kappa shape index (κ3) is 5.18. The number of carbonyl (C=O) groups excluding carboxylic acids is 2. The second-order valence-corrected chi connectivity index (χ2v) is 5.95. The van der Waals surface area contributed by atoms with E-state index < -0.39 is 11.8 Å². The number of benzene rings is 2. The average Bonchev–Trinajstić information content (AvgIpc) is 2.69. The van der Waals surface area contributed by atoms with Gasteiger partial charge in [-0.15, -0.1) is 13.2 Å². The van der Waals surface area contributed by atoms with Crippen molar-refractivity contribution in [2.24, 2.45) is 0 Å². The Morgan fingerprint density at radius 1 is 0.731 bits per heavy atom. The standard InChI is InChI=1S/C22H24N2O2/c1-3-11-19(17-13-7-5-8-14-17)21(25)23-24-22(26)20(12-4-2)18-15-9-6-10-16-18/h3-10,13-16,19-20H,1-2,11-12H2,(H,23,25)(H,24,26)/t19-,20-/m1/s1. The topological polar surface area (TPSA) is 58.2 Å². The van der Waals surface area contributed by atoms with Crippen LogP contribution in [0.4, 0.5) is 0 Å². The smallest absolute Gasteiger partial charge is 0.246 e. The molecule has 2 aromatic carbocycles. The van der Waals surface area contributed by atoms with Gasteiger partial charge in [-0.3, -0.25) is 20.4 Å². The average molecular weight is 348 g/mol. The van der Waals surface area contributed by atoms with Crippen molar-refractivity contribution >= 4 is 11.8 Å². The summed E-state index contributed by atoms with van der Waals surface area (Å²) in [7, 11) is 0. The number of carbonyl (C=O) groups is 2. The lowest BCUT2D eigenvalue weighted by molar-refractivity contribution is -0.130. The first-order valence-electron chi connectivity index (χ1n) is 8.58. The Balaban J connectivity index is 2.04. The number of hydrazine groups is 1. The van der Waals surface area contributed by atoms with Gasteiger partial charge in [0.2, 0.25) is 11.8 Å². The van der Waals surface area contributed by atoms with Crippen molar-refractivity contribution in [3.8, 4) is 0 Å². The van der Waals surface area contributed by atoms with Crippen LogP contribution in [0.1, 0.15) is 35.8 Å². The Kier molecular flexibility index (Phi) is 7.37. The number of hydrogen-bond acceptors (Lipinski definition) is 2. The van der Waals surface area contributed by atoms with Crippen LogP contribution in [0.5, 0.6) is 0 Å². The molecule has 26 heavy (non-hydrogen) atoms. The molecule has 0 saturated heterocycles. The lowest BCUT2D eigenvalue weighted by Gasteiger charge is -2.19. The summed E-state index contributed by atoms with van der Waals surface area (Å²) >= 11 is 0. The fourth-order valence-electron chi connectivity index (χ4n) is 2.79. The van der Waals surface area contributed by atoms with Gasteiger partial charge in [0, 0.05) is 0 Å². The minimum absolute atomic E-state index is 0.269. The highest BCUT2D eigenvalue weighted by atomic mass is 16.2. The molecule has 2 rings (SSSR count). The summed E-state index contributed by atoms with van der Waals surface area (Å²) in [6, 6.07) is 18.9. The summed E-state index contributed by atoms with van der Waals surface area (Å²) in [5.41, 5.74) is 6.87. The molecular formula is C22H24N2O2. The molecule has 0 aliphatic carbocycles. The van der Waals surface area contributed by atoms with Crippen molar-refractivity contribution in [3.63, 3.8) is 0 Å². The molecule has 4 heteroatoms. The van der Waals surface area contributed by atoms with Crippen molar-refractivity contribution in [2.75, 3.05) is 0 Å². The van der Waals surface area contributed by atoms with Gasteiger partial charge < -0.3 is 0 Å². The van der Waals surface area contributed by atoms with Gasteiger partial charge >= 0.3 is 0 Å². The molecule has 0 unspecified atom stereocenters. The molecule has 2 N–H and O–H groups in total. The number of hydrogen-bond donors (Lipinski definition) is 2. The summed E-state index contributed by atoms with van der Waals surface area (Å²) in [6.07, 6.45) is 4.37. The summed E-state index contributed by atoms with van der Waals surface area (Å²) in [4.78, 5) is 25.1. The monoisotopic (exact) mass is 348 g/mol. The van der Waals surface area contributed by atoms with Gasteiger partial charge in [0.25, 0.3) is 0 Å². The quantitative estimate of drug-likeness (QED) is 0.562. The van der Waals surface area contributed by atoms with Crippen molar-refractivity contribution in [3.05, 3.63) is 97.1 Å². The van der Waals surface area contributed by atoms with E-state index >= 15 is 0 Å². The van der Waals surface area contributed by atoms with Crippen LogP contribution in [0.25, 0.3) is 0 Å². The number of amides is 2. The molecule has 4 nitrogen and oxygen atoms in total. The lowest BCUT2D eigenvalue weighted by atomic mass is 9.94. The van der Waals surface area contributed by atoms with Crippen LogP contribution in [0.3, 0.4) is 0 Å². The van der Waals surface area contributed by atoms with Crippen LogP contribution >= 0.6 is 0 Å². The highest BCUT2D eigenvalue weighted by Crippen LogP contribution is 2.21. The van der Waals surface area contributed by atoms with Crippen LogP contribution in [0.15, 0.2) is 86.0 Å². The summed E-state index contributed by atoms with van der Waals surface area (Å²) < 4.78 is 0. The van der Waals surface area contributed by atoms with Crippen molar-refractivity contribution in [2.45, 2.75) is 24.7 Å². The molecule has 2 amide bonds. The fourth-order valence-corrected chi connectivity index (χ4v) is 2.79. The van der Waals surface area contributed by atoms with Crippen LogP contribution in [0.2, 0.25) is 0 Å².